The third kappa shape index (κ3) is 6.51. The second kappa shape index (κ2) is 9.27. The van der Waals surface area contributed by atoms with Gasteiger partial charge in [-0.05, 0) is 24.3 Å². The summed E-state index contributed by atoms with van der Waals surface area (Å²) < 4.78 is 0. The summed E-state index contributed by atoms with van der Waals surface area (Å²) in [4.78, 5) is 0. The van der Waals surface area contributed by atoms with Crippen LogP contribution >= 0.6 is 0 Å². The molecule has 0 nitrogen and oxygen atoms in total. The van der Waals surface area contributed by atoms with Gasteiger partial charge in [-0.25, -0.2) is 0 Å². The highest BCUT2D eigenvalue weighted by atomic mass is 14.1. The summed E-state index contributed by atoms with van der Waals surface area (Å²) >= 11 is 0. The van der Waals surface area contributed by atoms with E-state index < -0.39 is 0 Å². The second-order valence-corrected chi connectivity index (χ2v) is 5.17. The SMILES string of the molecule is CCCCCC(CCC)CCc1ccccc1. The third-order valence-corrected chi connectivity index (χ3v) is 3.60. The first kappa shape index (κ1) is 14.3. The van der Waals surface area contributed by atoms with E-state index in [4.69, 9.17) is 0 Å². The fraction of sp³-hybridized carbons (Fsp3) is 0.647. The normalized spacial score (nSPS) is 12.6. The number of rotatable bonds is 9. The van der Waals surface area contributed by atoms with Crippen LogP contribution in [0.1, 0.15) is 64.4 Å². The highest BCUT2D eigenvalue weighted by Gasteiger charge is 2.07. The Kier molecular flexibility index (Phi) is 7.79. The van der Waals surface area contributed by atoms with Crippen molar-refractivity contribution in [3.05, 3.63) is 35.9 Å². The predicted octanol–water partition coefficient (Wildman–Crippen LogP) is 5.62. The number of hydrogen-bond donors (Lipinski definition) is 0. The summed E-state index contributed by atoms with van der Waals surface area (Å²) in [6.45, 7) is 4.61. The lowest BCUT2D eigenvalue weighted by Gasteiger charge is -2.15. The van der Waals surface area contributed by atoms with Gasteiger partial charge in [0.2, 0.25) is 0 Å². The van der Waals surface area contributed by atoms with Crippen LogP contribution in [0.2, 0.25) is 0 Å². The number of aryl methyl sites for hydroxylation is 1. The standard InChI is InChI=1S/C17H28/c1-3-5-7-11-16(10-4-2)14-15-17-12-8-6-9-13-17/h6,8-9,12-13,16H,3-5,7,10-11,14-15H2,1-2H3. The molecule has 1 rings (SSSR count). The van der Waals surface area contributed by atoms with Crippen LogP contribution in [0, 0.1) is 5.92 Å². The Morgan fingerprint density at radius 1 is 0.824 bits per heavy atom. The smallest absolute Gasteiger partial charge is 0.0276 e. The summed E-state index contributed by atoms with van der Waals surface area (Å²) in [6.07, 6.45) is 11.0. The summed E-state index contributed by atoms with van der Waals surface area (Å²) in [7, 11) is 0. The van der Waals surface area contributed by atoms with Crippen LogP contribution in [0.15, 0.2) is 30.3 Å². The third-order valence-electron chi connectivity index (χ3n) is 3.60. The molecule has 0 amide bonds. The summed E-state index contributed by atoms with van der Waals surface area (Å²) in [5, 5.41) is 0. The number of benzene rings is 1. The molecule has 0 saturated heterocycles. The molecule has 1 aromatic rings. The van der Waals surface area contributed by atoms with E-state index in [1.54, 1.807) is 0 Å². The van der Waals surface area contributed by atoms with Crippen molar-refractivity contribution in [1.29, 1.82) is 0 Å². The Bertz CT molecular complexity index is 263. The van der Waals surface area contributed by atoms with E-state index in [0.29, 0.717) is 0 Å². The van der Waals surface area contributed by atoms with Gasteiger partial charge in [0.1, 0.15) is 0 Å². The second-order valence-electron chi connectivity index (χ2n) is 5.17. The molecule has 0 heterocycles. The fourth-order valence-electron chi connectivity index (χ4n) is 2.54. The zero-order valence-electron chi connectivity index (χ0n) is 11.6. The molecule has 0 aliphatic carbocycles. The minimum atomic E-state index is 0.951. The number of unbranched alkanes of at least 4 members (excludes halogenated alkanes) is 2. The maximum absolute atomic E-state index is 2.31. The van der Waals surface area contributed by atoms with Gasteiger partial charge in [0.15, 0.2) is 0 Å². The maximum atomic E-state index is 2.31. The first-order chi connectivity index (χ1) is 8.36. The Balaban J connectivity index is 2.28. The van der Waals surface area contributed by atoms with Gasteiger partial charge in [-0.1, -0.05) is 82.7 Å². The van der Waals surface area contributed by atoms with Gasteiger partial charge in [-0.2, -0.15) is 0 Å². The summed E-state index contributed by atoms with van der Waals surface area (Å²) in [6, 6.07) is 10.9. The van der Waals surface area contributed by atoms with Crippen molar-refractivity contribution in [2.24, 2.45) is 5.92 Å². The van der Waals surface area contributed by atoms with Crippen molar-refractivity contribution in [2.45, 2.75) is 65.2 Å². The van der Waals surface area contributed by atoms with E-state index in [9.17, 15) is 0 Å². The van der Waals surface area contributed by atoms with Crippen LogP contribution in [0.4, 0.5) is 0 Å². The minimum absolute atomic E-state index is 0.951. The average molecular weight is 232 g/mol. The lowest BCUT2D eigenvalue weighted by molar-refractivity contribution is 0.398. The van der Waals surface area contributed by atoms with Crippen molar-refractivity contribution < 1.29 is 0 Å². The average Bonchev–Trinajstić information content (AvgIpc) is 2.37. The van der Waals surface area contributed by atoms with Gasteiger partial charge < -0.3 is 0 Å². The quantitative estimate of drug-likeness (QED) is 0.485. The topological polar surface area (TPSA) is 0 Å². The predicted molar refractivity (Wildman–Crippen MR) is 77.3 cm³/mol. The molecule has 0 aliphatic heterocycles. The Labute approximate surface area is 107 Å². The molecule has 1 atom stereocenters. The zero-order chi connectivity index (χ0) is 12.3. The lowest BCUT2D eigenvalue weighted by Crippen LogP contribution is -2.02. The molecule has 1 aromatic carbocycles. The molecule has 96 valence electrons. The van der Waals surface area contributed by atoms with Crippen LogP contribution in [0.25, 0.3) is 0 Å². The van der Waals surface area contributed by atoms with Crippen LogP contribution in [0.5, 0.6) is 0 Å². The first-order valence-electron chi connectivity index (χ1n) is 7.40. The van der Waals surface area contributed by atoms with Crippen LogP contribution in [-0.2, 0) is 6.42 Å². The molecule has 0 aliphatic rings. The van der Waals surface area contributed by atoms with Gasteiger partial charge in [0.05, 0.1) is 0 Å². The van der Waals surface area contributed by atoms with Crippen LogP contribution < -0.4 is 0 Å². The van der Waals surface area contributed by atoms with Crippen LogP contribution in [0.3, 0.4) is 0 Å². The monoisotopic (exact) mass is 232 g/mol. The molecule has 0 spiro atoms. The van der Waals surface area contributed by atoms with Crippen molar-refractivity contribution in [3.8, 4) is 0 Å². The highest BCUT2D eigenvalue weighted by molar-refractivity contribution is 5.14. The van der Waals surface area contributed by atoms with Crippen LogP contribution in [-0.4, -0.2) is 0 Å². The molecular formula is C17H28. The molecule has 0 saturated carbocycles. The molecular weight excluding hydrogens is 204 g/mol. The molecule has 0 N–H and O–H groups in total. The van der Waals surface area contributed by atoms with E-state index in [1.807, 2.05) is 0 Å². The van der Waals surface area contributed by atoms with E-state index >= 15 is 0 Å². The summed E-state index contributed by atoms with van der Waals surface area (Å²) in [5.74, 6) is 0.951. The first-order valence-corrected chi connectivity index (χ1v) is 7.40. The number of hydrogen-bond acceptors (Lipinski definition) is 0. The molecule has 1 unspecified atom stereocenters. The van der Waals surface area contributed by atoms with E-state index in [2.05, 4.69) is 44.2 Å². The molecule has 0 fully saturated rings. The van der Waals surface area contributed by atoms with Gasteiger partial charge in [-0.3, -0.25) is 0 Å². The maximum Gasteiger partial charge on any atom is -0.0276 e. The van der Waals surface area contributed by atoms with Gasteiger partial charge in [-0.15, -0.1) is 0 Å². The Morgan fingerprint density at radius 2 is 1.59 bits per heavy atom. The molecule has 0 radical (unpaired) electrons. The van der Waals surface area contributed by atoms with Crippen molar-refractivity contribution in [2.75, 3.05) is 0 Å². The highest BCUT2D eigenvalue weighted by Crippen LogP contribution is 2.21. The summed E-state index contributed by atoms with van der Waals surface area (Å²) in [5.41, 5.74) is 1.50. The lowest BCUT2D eigenvalue weighted by atomic mass is 9.90. The fourth-order valence-corrected chi connectivity index (χ4v) is 2.54. The Morgan fingerprint density at radius 3 is 2.24 bits per heavy atom. The molecule has 0 aromatic heterocycles. The van der Waals surface area contributed by atoms with E-state index in [1.165, 1.54) is 56.9 Å². The largest absolute Gasteiger partial charge is 0.0654 e. The minimum Gasteiger partial charge on any atom is -0.0654 e. The molecule has 0 bridgehead atoms. The molecule has 17 heavy (non-hydrogen) atoms. The van der Waals surface area contributed by atoms with Gasteiger partial charge >= 0.3 is 0 Å². The van der Waals surface area contributed by atoms with E-state index in [-0.39, 0.29) is 0 Å². The van der Waals surface area contributed by atoms with Crippen molar-refractivity contribution >= 4 is 0 Å². The Hall–Kier alpha value is -0.780. The zero-order valence-corrected chi connectivity index (χ0v) is 11.6. The molecule has 0 heteroatoms. The van der Waals surface area contributed by atoms with E-state index in [0.717, 1.165) is 5.92 Å². The van der Waals surface area contributed by atoms with Gasteiger partial charge in [0, 0.05) is 0 Å². The van der Waals surface area contributed by atoms with Crippen molar-refractivity contribution in [3.63, 3.8) is 0 Å². The van der Waals surface area contributed by atoms with Crippen molar-refractivity contribution in [1.82, 2.24) is 0 Å². The van der Waals surface area contributed by atoms with Gasteiger partial charge in [0.25, 0.3) is 0 Å².